The van der Waals surface area contributed by atoms with Crippen LogP contribution < -0.4 is 5.32 Å². The SMILES string of the molecule is N#CCSCC(=O)NCC1(C(=O)O)CC1. The molecule has 1 saturated carbocycles. The summed E-state index contributed by atoms with van der Waals surface area (Å²) in [5, 5.41) is 19.6. The van der Waals surface area contributed by atoms with E-state index in [0.717, 1.165) is 0 Å². The third-order valence-corrected chi connectivity index (χ3v) is 3.13. The average molecular weight is 228 g/mol. The van der Waals surface area contributed by atoms with Crippen molar-refractivity contribution in [3.8, 4) is 6.07 Å². The molecule has 82 valence electrons. The van der Waals surface area contributed by atoms with Gasteiger partial charge in [-0.2, -0.15) is 5.26 Å². The minimum atomic E-state index is -0.840. The molecule has 1 amide bonds. The number of aliphatic carboxylic acids is 1. The van der Waals surface area contributed by atoms with Crippen molar-refractivity contribution in [1.82, 2.24) is 5.32 Å². The van der Waals surface area contributed by atoms with Crippen LogP contribution in [0, 0.1) is 16.7 Å². The van der Waals surface area contributed by atoms with Gasteiger partial charge in [0.25, 0.3) is 0 Å². The molecule has 0 aromatic rings. The Kier molecular flexibility index (Phi) is 3.97. The highest BCUT2D eigenvalue weighted by Crippen LogP contribution is 2.45. The first kappa shape index (κ1) is 11.9. The molecule has 0 aromatic carbocycles. The van der Waals surface area contributed by atoms with E-state index in [0.29, 0.717) is 12.8 Å². The standard InChI is InChI=1S/C9H12N2O3S/c10-3-4-15-5-7(12)11-6-9(1-2-9)8(13)14/h1-2,4-6H2,(H,11,12)(H,13,14). The van der Waals surface area contributed by atoms with Crippen molar-refractivity contribution in [3.05, 3.63) is 0 Å². The van der Waals surface area contributed by atoms with Gasteiger partial charge in [0, 0.05) is 6.54 Å². The smallest absolute Gasteiger partial charge is 0.311 e. The Morgan fingerprint density at radius 1 is 1.53 bits per heavy atom. The third kappa shape index (κ3) is 3.44. The average Bonchev–Trinajstić information content (AvgIpc) is 2.96. The lowest BCUT2D eigenvalue weighted by Crippen LogP contribution is -2.35. The van der Waals surface area contributed by atoms with Gasteiger partial charge in [-0.25, -0.2) is 0 Å². The van der Waals surface area contributed by atoms with Crippen molar-refractivity contribution >= 4 is 23.6 Å². The summed E-state index contributed by atoms with van der Waals surface area (Å²) in [5.74, 6) is -0.559. The summed E-state index contributed by atoms with van der Waals surface area (Å²) >= 11 is 1.22. The molecule has 1 rings (SSSR count). The second-order valence-electron chi connectivity index (χ2n) is 3.51. The number of nitrogens with one attached hydrogen (secondary N) is 1. The van der Waals surface area contributed by atoms with Gasteiger partial charge in [0.1, 0.15) is 0 Å². The van der Waals surface area contributed by atoms with E-state index in [4.69, 9.17) is 10.4 Å². The molecule has 1 fully saturated rings. The van der Waals surface area contributed by atoms with Gasteiger partial charge in [-0.15, -0.1) is 11.8 Å². The minimum Gasteiger partial charge on any atom is -0.481 e. The van der Waals surface area contributed by atoms with E-state index in [1.54, 1.807) is 0 Å². The number of carbonyl (C=O) groups excluding carboxylic acids is 1. The number of rotatable bonds is 6. The fourth-order valence-electron chi connectivity index (χ4n) is 1.13. The number of nitriles is 1. The molecule has 0 aliphatic heterocycles. The van der Waals surface area contributed by atoms with Crippen LogP contribution in [0.25, 0.3) is 0 Å². The number of carbonyl (C=O) groups is 2. The molecule has 0 spiro atoms. The molecule has 1 aliphatic carbocycles. The highest BCUT2D eigenvalue weighted by Gasteiger charge is 2.50. The van der Waals surface area contributed by atoms with E-state index in [1.807, 2.05) is 6.07 Å². The van der Waals surface area contributed by atoms with Gasteiger partial charge in [0.05, 0.1) is 23.0 Å². The summed E-state index contributed by atoms with van der Waals surface area (Å²) < 4.78 is 0. The minimum absolute atomic E-state index is 0.203. The molecule has 0 atom stereocenters. The zero-order chi connectivity index (χ0) is 11.3. The van der Waals surface area contributed by atoms with Gasteiger partial charge in [-0.3, -0.25) is 9.59 Å². The molecule has 6 heteroatoms. The predicted octanol–water partition coefficient (Wildman–Crippen LogP) is 0.224. The largest absolute Gasteiger partial charge is 0.481 e. The summed E-state index contributed by atoms with van der Waals surface area (Å²) in [4.78, 5) is 21.9. The van der Waals surface area contributed by atoms with Crippen LogP contribution >= 0.6 is 11.8 Å². The van der Waals surface area contributed by atoms with E-state index in [1.165, 1.54) is 11.8 Å². The zero-order valence-corrected chi connectivity index (χ0v) is 8.97. The number of hydrogen-bond acceptors (Lipinski definition) is 4. The Morgan fingerprint density at radius 2 is 2.20 bits per heavy atom. The second-order valence-corrected chi connectivity index (χ2v) is 4.50. The quantitative estimate of drug-likeness (QED) is 0.635. The summed E-state index contributed by atoms with van der Waals surface area (Å²) in [7, 11) is 0. The summed E-state index contributed by atoms with van der Waals surface area (Å²) in [5.41, 5.74) is -0.713. The molecular weight excluding hydrogens is 216 g/mol. The normalized spacial score (nSPS) is 16.5. The maximum atomic E-state index is 11.2. The fraction of sp³-hybridized carbons (Fsp3) is 0.667. The highest BCUT2D eigenvalue weighted by atomic mass is 32.2. The number of nitrogens with zero attached hydrogens (tertiary/aromatic N) is 1. The lowest BCUT2D eigenvalue weighted by molar-refractivity contribution is -0.143. The first-order chi connectivity index (χ1) is 7.10. The Balaban J connectivity index is 2.18. The van der Waals surface area contributed by atoms with Gasteiger partial charge in [0.15, 0.2) is 0 Å². The van der Waals surface area contributed by atoms with Gasteiger partial charge in [-0.05, 0) is 12.8 Å². The van der Waals surface area contributed by atoms with Crippen molar-refractivity contribution in [2.24, 2.45) is 5.41 Å². The van der Waals surface area contributed by atoms with Gasteiger partial charge >= 0.3 is 5.97 Å². The molecule has 5 nitrogen and oxygen atoms in total. The predicted molar refractivity (Wildman–Crippen MR) is 55.3 cm³/mol. The first-order valence-corrected chi connectivity index (χ1v) is 5.71. The van der Waals surface area contributed by atoms with Crippen molar-refractivity contribution in [2.75, 3.05) is 18.1 Å². The number of carboxylic acids is 1. The third-order valence-electron chi connectivity index (χ3n) is 2.33. The van der Waals surface area contributed by atoms with Gasteiger partial charge in [0.2, 0.25) is 5.91 Å². The van der Waals surface area contributed by atoms with Crippen LogP contribution in [0.1, 0.15) is 12.8 Å². The van der Waals surface area contributed by atoms with Gasteiger partial charge < -0.3 is 10.4 Å². The Labute approximate surface area is 91.8 Å². The monoisotopic (exact) mass is 228 g/mol. The maximum absolute atomic E-state index is 11.2. The molecule has 0 aromatic heterocycles. The topological polar surface area (TPSA) is 90.2 Å². The molecule has 0 radical (unpaired) electrons. The van der Waals surface area contributed by atoms with E-state index in [-0.39, 0.29) is 24.0 Å². The highest BCUT2D eigenvalue weighted by molar-refractivity contribution is 8.00. The summed E-state index contributed by atoms with van der Waals surface area (Å²) in [6.07, 6.45) is 1.27. The molecule has 0 saturated heterocycles. The molecule has 0 bridgehead atoms. The Hall–Kier alpha value is -1.22. The number of carboxylic acid groups (broad SMARTS) is 1. The molecule has 1 aliphatic rings. The van der Waals surface area contributed by atoms with Crippen LogP contribution in [0.15, 0.2) is 0 Å². The van der Waals surface area contributed by atoms with E-state index < -0.39 is 11.4 Å². The molecule has 0 unspecified atom stereocenters. The van der Waals surface area contributed by atoms with E-state index >= 15 is 0 Å². The van der Waals surface area contributed by atoms with Crippen LogP contribution in [-0.4, -0.2) is 35.0 Å². The van der Waals surface area contributed by atoms with Crippen LogP contribution in [0.5, 0.6) is 0 Å². The van der Waals surface area contributed by atoms with Crippen LogP contribution in [-0.2, 0) is 9.59 Å². The lowest BCUT2D eigenvalue weighted by atomic mass is 10.1. The number of hydrogen-bond donors (Lipinski definition) is 2. The molecule has 0 heterocycles. The van der Waals surface area contributed by atoms with Crippen molar-refractivity contribution in [1.29, 1.82) is 5.26 Å². The van der Waals surface area contributed by atoms with E-state index in [9.17, 15) is 9.59 Å². The van der Waals surface area contributed by atoms with Crippen LogP contribution in [0.3, 0.4) is 0 Å². The lowest BCUT2D eigenvalue weighted by Gasteiger charge is -2.10. The zero-order valence-electron chi connectivity index (χ0n) is 8.15. The Morgan fingerprint density at radius 3 is 2.67 bits per heavy atom. The maximum Gasteiger partial charge on any atom is 0.311 e. The second kappa shape index (κ2) is 5.03. The molecule has 2 N–H and O–H groups in total. The van der Waals surface area contributed by atoms with Crippen LogP contribution in [0.2, 0.25) is 0 Å². The number of amides is 1. The van der Waals surface area contributed by atoms with E-state index in [2.05, 4.69) is 5.32 Å². The molecule has 15 heavy (non-hydrogen) atoms. The van der Waals surface area contributed by atoms with Crippen molar-refractivity contribution < 1.29 is 14.7 Å². The molecular formula is C9H12N2O3S. The first-order valence-electron chi connectivity index (χ1n) is 4.55. The summed E-state index contributed by atoms with van der Waals surface area (Å²) in [6, 6.07) is 1.91. The van der Waals surface area contributed by atoms with Crippen molar-refractivity contribution in [2.45, 2.75) is 12.8 Å². The number of thioether (sulfide) groups is 1. The van der Waals surface area contributed by atoms with Gasteiger partial charge in [-0.1, -0.05) is 0 Å². The van der Waals surface area contributed by atoms with Crippen molar-refractivity contribution in [3.63, 3.8) is 0 Å². The fourth-order valence-corrected chi connectivity index (χ4v) is 1.61. The summed E-state index contributed by atoms with van der Waals surface area (Å²) in [6.45, 7) is 0.203. The Bertz CT molecular complexity index is 307. The van der Waals surface area contributed by atoms with Crippen LogP contribution in [0.4, 0.5) is 0 Å².